The fraction of sp³-hybridized carbons (Fsp3) is 0.188. The third kappa shape index (κ3) is 4.39. The van der Waals surface area contributed by atoms with Gasteiger partial charge in [0.1, 0.15) is 36.0 Å². The summed E-state index contributed by atoms with van der Waals surface area (Å²) in [6.07, 6.45) is 0. The minimum Gasteiger partial charge on any atom is -0.497 e. The highest BCUT2D eigenvalue weighted by molar-refractivity contribution is 9.10. The van der Waals surface area contributed by atoms with Gasteiger partial charge in [-0.1, -0.05) is 15.9 Å². The normalized spacial score (nSPS) is 10.1. The van der Waals surface area contributed by atoms with Crippen LogP contribution in [0.2, 0.25) is 0 Å². The summed E-state index contributed by atoms with van der Waals surface area (Å²) in [6.45, 7) is 0.529. The third-order valence-electron chi connectivity index (χ3n) is 2.84. The van der Waals surface area contributed by atoms with Gasteiger partial charge in [0.25, 0.3) is 0 Å². The Labute approximate surface area is 136 Å². The van der Waals surface area contributed by atoms with Crippen molar-refractivity contribution < 1.29 is 24.1 Å². The maximum absolute atomic E-state index is 11.2. The lowest BCUT2D eigenvalue weighted by molar-refractivity contribution is 0.0691. The Morgan fingerprint density at radius 2 is 1.68 bits per heavy atom. The Hall–Kier alpha value is -2.21. The molecule has 0 amide bonds. The van der Waals surface area contributed by atoms with Gasteiger partial charge >= 0.3 is 5.97 Å². The number of methoxy groups -OCH3 is 1. The minimum atomic E-state index is -1.05. The molecule has 0 aromatic heterocycles. The summed E-state index contributed by atoms with van der Waals surface area (Å²) in [6, 6.07) is 12.0. The molecule has 2 rings (SSSR count). The number of carbonyl (C=O) groups is 1. The molecule has 0 fully saturated rings. The highest BCUT2D eigenvalue weighted by Gasteiger charge is 2.12. The Bertz CT molecular complexity index is 639. The predicted octanol–water partition coefficient (Wildman–Crippen LogP) is 3.61. The number of rotatable bonds is 7. The van der Waals surface area contributed by atoms with Gasteiger partial charge in [0.2, 0.25) is 0 Å². The zero-order valence-corrected chi connectivity index (χ0v) is 13.5. The van der Waals surface area contributed by atoms with E-state index in [9.17, 15) is 4.79 Å². The molecule has 0 heterocycles. The Morgan fingerprint density at radius 3 is 2.32 bits per heavy atom. The van der Waals surface area contributed by atoms with Crippen LogP contribution in [0.1, 0.15) is 10.4 Å². The van der Waals surface area contributed by atoms with Crippen molar-refractivity contribution in [2.75, 3.05) is 20.3 Å². The van der Waals surface area contributed by atoms with Crippen LogP contribution >= 0.6 is 15.9 Å². The first-order chi connectivity index (χ1) is 10.6. The average Bonchev–Trinajstić information content (AvgIpc) is 2.52. The van der Waals surface area contributed by atoms with Gasteiger partial charge in [-0.05, 0) is 36.4 Å². The van der Waals surface area contributed by atoms with E-state index in [0.717, 1.165) is 10.2 Å². The maximum atomic E-state index is 11.2. The van der Waals surface area contributed by atoms with Crippen molar-refractivity contribution in [2.45, 2.75) is 0 Å². The molecule has 0 aliphatic rings. The molecule has 0 radical (unpaired) electrons. The number of aromatic carboxylic acids is 1. The molecule has 6 heteroatoms. The minimum absolute atomic E-state index is 0.0874. The summed E-state index contributed by atoms with van der Waals surface area (Å²) < 4.78 is 17.0. The molecule has 0 saturated carbocycles. The quantitative estimate of drug-likeness (QED) is 0.758. The van der Waals surface area contributed by atoms with E-state index in [2.05, 4.69) is 15.9 Å². The van der Waals surface area contributed by atoms with Crippen LogP contribution in [0.25, 0.3) is 0 Å². The van der Waals surface area contributed by atoms with Gasteiger partial charge in [-0.2, -0.15) is 0 Å². The van der Waals surface area contributed by atoms with E-state index >= 15 is 0 Å². The van der Waals surface area contributed by atoms with Crippen molar-refractivity contribution in [2.24, 2.45) is 0 Å². The van der Waals surface area contributed by atoms with Gasteiger partial charge in [0.05, 0.1) is 7.11 Å². The van der Waals surface area contributed by atoms with Gasteiger partial charge in [-0.15, -0.1) is 0 Å². The van der Waals surface area contributed by atoms with Crippen molar-refractivity contribution in [1.82, 2.24) is 0 Å². The zero-order chi connectivity index (χ0) is 15.9. The van der Waals surface area contributed by atoms with Crippen LogP contribution in [0.15, 0.2) is 46.9 Å². The summed E-state index contributed by atoms with van der Waals surface area (Å²) in [7, 11) is 1.51. The van der Waals surface area contributed by atoms with Gasteiger partial charge in [0, 0.05) is 10.5 Å². The van der Waals surface area contributed by atoms with Gasteiger partial charge < -0.3 is 19.3 Å². The van der Waals surface area contributed by atoms with Crippen molar-refractivity contribution in [1.29, 1.82) is 0 Å². The average molecular weight is 367 g/mol. The highest BCUT2D eigenvalue weighted by atomic mass is 79.9. The van der Waals surface area contributed by atoms with Crippen LogP contribution in [0.5, 0.6) is 17.2 Å². The third-order valence-corrected chi connectivity index (χ3v) is 3.37. The molecule has 2 aromatic rings. The van der Waals surface area contributed by atoms with E-state index in [1.165, 1.54) is 13.2 Å². The molecule has 0 atom stereocenters. The van der Waals surface area contributed by atoms with Crippen molar-refractivity contribution in [3.63, 3.8) is 0 Å². The first kappa shape index (κ1) is 16.2. The van der Waals surface area contributed by atoms with Crippen LogP contribution in [0.3, 0.4) is 0 Å². The van der Waals surface area contributed by atoms with Crippen molar-refractivity contribution >= 4 is 21.9 Å². The van der Waals surface area contributed by atoms with E-state index in [-0.39, 0.29) is 17.9 Å². The summed E-state index contributed by atoms with van der Waals surface area (Å²) in [5, 5.41) is 9.13. The second kappa shape index (κ2) is 7.70. The smallest absolute Gasteiger partial charge is 0.339 e. The molecular formula is C16H15BrO5. The van der Waals surface area contributed by atoms with E-state index in [1.54, 1.807) is 12.1 Å². The van der Waals surface area contributed by atoms with Gasteiger partial charge in [-0.3, -0.25) is 0 Å². The fourth-order valence-corrected chi connectivity index (χ4v) is 2.03. The Morgan fingerprint density at radius 1 is 1.05 bits per heavy atom. The standard InChI is InChI=1S/C16H15BrO5/c1-20-13-6-7-14(16(18)19)15(10-13)22-9-8-21-12-4-2-11(17)3-5-12/h2-7,10H,8-9H2,1H3,(H,18,19). The topological polar surface area (TPSA) is 65.0 Å². The monoisotopic (exact) mass is 366 g/mol. The van der Waals surface area contributed by atoms with Crippen molar-refractivity contribution in [3.8, 4) is 17.2 Å². The first-order valence-corrected chi connectivity index (χ1v) is 7.32. The van der Waals surface area contributed by atoms with Gasteiger partial charge in [-0.25, -0.2) is 4.79 Å². The number of hydrogen-bond donors (Lipinski definition) is 1. The van der Waals surface area contributed by atoms with E-state index in [0.29, 0.717) is 12.4 Å². The summed E-state index contributed by atoms with van der Waals surface area (Å²) in [5.74, 6) is 0.461. The molecule has 116 valence electrons. The lowest BCUT2D eigenvalue weighted by atomic mass is 10.2. The van der Waals surface area contributed by atoms with Crippen LogP contribution in [-0.2, 0) is 0 Å². The number of carboxylic acids is 1. The summed E-state index contributed by atoms with van der Waals surface area (Å²) in [4.78, 5) is 11.2. The molecular weight excluding hydrogens is 352 g/mol. The van der Waals surface area contributed by atoms with E-state index in [1.807, 2.05) is 24.3 Å². The second-order valence-electron chi connectivity index (χ2n) is 4.32. The molecule has 0 bridgehead atoms. The molecule has 0 aliphatic heterocycles. The second-order valence-corrected chi connectivity index (χ2v) is 5.23. The molecule has 0 aliphatic carbocycles. The van der Waals surface area contributed by atoms with Gasteiger partial charge in [0.15, 0.2) is 0 Å². The Kier molecular flexibility index (Phi) is 5.66. The molecule has 5 nitrogen and oxygen atoms in total. The molecule has 0 unspecified atom stereocenters. The van der Waals surface area contributed by atoms with E-state index in [4.69, 9.17) is 19.3 Å². The molecule has 22 heavy (non-hydrogen) atoms. The van der Waals surface area contributed by atoms with Crippen LogP contribution in [0.4, 0.5) is 0 Å². The number of ether oxygens (including phenoxy) is 3. The number of halogens is 1. The molecule has 2 aromatic carbocycles. The number of benzene rings is 2. The number of hydrogen-bond acceptors (Lipinski definition) is 4. The molecule has 1 N–H and O–H groups in total. The highest BCUT2D eigenvalue weighted by Crippen LogP contribution is 2.25. The lowest BCUT2D eigenvalue weighted by Gasteiger charge is -2.11. The Balaban J connectivity index is 1.93. The lowest BCUT2D eigenvalue weighted by Crippen LogP contribution is -2.11. The SMILES string of the molecule is COc1ccc(C(=O)O)c(OCCOc2ccc(Br)cc2)c1. The predicted molar refractivity (Wildman–Crippen MR) is 85.1 cm³/mol. The zero-order valence-electron chi connectivity index (χ0n) is 11.9. The van der Waals surface area contributed by atoms with E-state index < -0.39 is 5.97 Å². The largest absolute Gasteiger partial charge is 0.497 e. The van der Waals surface area contributed by atoms with Crippen LogP contribution in [0, 0.1) is 0 Å². The van der Waals surface area contributed by atoms with Crippen LogP contribution < -0.4 is 14.2 Å². The summed E-state index contributed by atoms with van der Waals surface area (Å²) in [5.41, 5.74) is 0.0874. The number of carboxylic acid groups (broad SMARTS) is 1. The first-order valence-electron chi connectivity index (χ1n) is 6.52. The molecule has 0 spiro atoms. The maximum Gasteiger partial charge on any atom is 0.339 e. The fourth-order valence-electron chi connectivity index (χ4n) is 1.77. The van der Waals surface area contributed by atoms with Crippen LogP contribution in [-0.4, -0.2) is 31.4 Å². The van der Waals surface area contributed by atoms with Crippen molar-refractivity contribution in [3.05, 3.63) is 52.5 Å². The molecule has 0 saturated heterocycles. The summed E-state index contributed by atoms with van der Waals surface area (Å²) >= 11 is 3.35.